The van der Waals surface area contributed by atoms with Crippen LogP contribution in [0.15, 0.2) is 0 Å². The highest BCUT2D eigenvalue weighted by Gasteiger charge is 2.39. The SMILES string of the molecule is CCNC(=O)OCC(COC(=O)NCC)OCCCC(=O)NCCNC(=O)CCN1C(=O)CC(SF)C1=O. The molecule has 0 aromatic carbocycles. The Bertz CT molecular complexity index is 798. The van der Waals surface area contributed by atoms with Gasteiger partial charge in [0.05, 0.1) is 18.6 Å². The van der Waals surface area contributed by atoms with E-state index in [0.29, 0.717) is 19.5 Å². The lowest BCUT2D eigenvalue weighted by molar-refractivity contribution is -0.138. The van der Waals surface area contributed by atoms with Gasteiger partial charge in [0.15, 0.2) is 0 Å². The Morgan fingerprint density at radius 1 is 0.947 bits per heavy atom. The van der Waals surface area contributed by atoms with Crippen LogP contribution in [0.4, 0.5) is 13.5 Å². The first-order valence-electron chi connectivity index (χ1n) is 12.3. The molecule has 1 fully saturated rings. The van der Waals surface area contributed by atoms with Gasteiger partial charge in [-0.1, -0.05) is 0 Å². The van der Waals surface area contributed by atoms with E-state index in [2.05, 4.69) is 21.3 Å². The second-order valence-corrected chi connectivity index (χ2v) is 8.72. The molecule has 0 bridgehead atoms. The lowest BCUT2D eigenvalue weighted by Gasteiger charge is -2.18. The molecule has 0 aromatic heterocycles. The highest BCUT2D eigenvalue weighted by molar-refractivity contribution is 7.95. The number of hydrogen-bond acceptors (Lipinski definition) is 10. The van der Waals surface area contributed by atoms with Crippen LogP contribution >= 0.6 is 12.1 Å². The van der Waals surface area contributed by atoms with Crippen molar-refractivity contribution in [1.82, 2.24) is 26.2 Å². The third kappa shape index (κ3) is 13.4. The van der Waals surface area contributed by atoms with Crippen molar-refractivity contribution in [2.45, 2.75) is 50.9 Å². The van der Waals surface area contributed by atoms with Gasteiger partial charge in [0.25, 0.3) is 0 Å². The molecule has 1 heterocycles. The minimum absolute atomic E-state index is 0.124. The highest BCUT2D eigenvalue weighted by atomic mass is 32.2. The number of carbonyl (C=O) groups excluding carboxylic acids is 6. The van der Waals surface area contributed by atoms with Gasteiger partial charge < -0.3 is 35.5 Å². The van der Waals surface area contributed by atoms with E-state index in [4.69, 9.17) is 14.2 Å². The predicted molar refractivity (Wildman–Crippen MR) is 133 cm³/mol. The molecule has 1 atom stereocenters. The molecular weight excluding hydrogens is 529 g/mol. The van der Waals surface area contributed by atoms with Gasteiger partial charge in [0.2, 0.25) is 23.6 Å². The van der Waals surface area contributed by atoms with E-state index in [-0.39, 0.29) is 76.8 Å². The predicted octanol–water partition coefficient (Wildman–Crippen LogP) is 0.0117. The van der Waals surface area contributed by atoms with Crippen LogP contribution in [-0.4, -0.2) is 105 Å². The van der Waals surface area contributed by atoms with Crippen LogP contribution in [0, 0.1) is 0 Å². The maximum Gasteiger partial charge on any atom is 0.407 e. The maximum absolute atomic E-state index is 12.6. The molecule has 0 saturated carbocycles. The Morgan fingerprint density at radius 2 is 1.50 bits per heavy atom. The number of likely N-dealkylation sites (tertiary alicyclic amines) is 1. The number of nitrogens with zero attached hydrogens (tertiary/aromatic N) is 1. The van der Waals surface area contributed by atoms with Crippen molar-refractivity contribution in [2.75, 3.05) is 52.5 Å². The third-order valence-electron chi connectivity index (χ3n) is 4.99. The van der Waals surface area contributed by atoms with Crippen molar-refractivity contribution in [3.05, 3.63) is 0 Å². The molecule has 38 heavy (non-hydrogen) atoms. The van der Waals surface area contributed by atoms with Crippen LogP contribution in [0.25, 0.3) is 0 Å². The molecule has 0 radical (unpaired) electrons. The van der Waals surface area contributed by atoms with E-state index >= 15 is 0 Å². The molecule has 16 heteroatoms. The molecule has 216 valence electrons. The molecule has 1 rings (SSSR count). The molecule has 14 nitrogen and oxygen atoms in total. The van der Waals surface area contributed by atoms with Crippen LogP contribution in [0.1, 0.15) is 39.5 Å². The van der Waals surface area contributed by atoms with Crippen molar-refractivity contribution in [3.8, 4) is 0 Å². The number of alkyl carbamates (subject to hydrolysis) is 2. The molecule has 6 amide bonds. The first-order valence-corrected chi connectivity index (χ1v) is 13.1. The average molecular weight is 566 g/mol. The lowest BCUT2D eigenvalue weighted by atomic mass is 10.3. The summed E-state index contributed by atoms with van der Waals surface area (Å²) in [6.45, 7) is 4.27. The number of amides is 6. The summed E-state index contributed by atoms with van der Waals surface area (Å²) in [5.74, 6) is -1.84. The molecule has 0 aliphatic carbocycles. The Kier molecular flexibility index (Phi) is 16.4. The fourth-order valence-electron chi connectivity index (χ4n) is 3.11. The number of hydrogen-bond donors (Lipinski definition) is 4. The van der Waals surface area contributed by atoms with Gasteiger partial charge in [0, 0.05) is 52.2 Å². The zero-order chi connectivity index (χ0) is 28.3. The zero-order valence-electron chi connectivity index (χ0n) is 21.5. The van der Waals surface area contributed by atoms with Crippen LogP contribution in [0.5, 0.6) is 0 Å². The van der Waals surface area contributed by atoms with Crippen LogP contribution in [0.3, 0.4) is 0 Å². The van der Waals surface area contributed by atoms with E-state index in [9.17, 15) is 32.7 Å². The third-order valence-corrected chi connectivity index (χ3v) is 5.57. The summed E-state index contributed by atoms with van der Waals surface area (Å²) in [5, 5.41) is 9.09. The Balaban J connectivity index is 2.21. The molecule has 1 saturated heterocycles. The summed E-state index contributed by atoms with van der Waals surface area (Å²) >= 11 is -0.182. The van der Waals surface area contributed by atoms with Gasteiger partial charge in [0.1, 0.15) is 24.6 Å². The summed E-state index contributed by atoms with van der Waals surface area (Å²) in [6.07, 6.45) is -1.85. The summed E-state index contributed by atoms with van der Waals surface area (Å²) in [7, 11) is 0. The van der Waals surface area contributed by atoms with Crippen molar-refractivity contribution in [3.63, 3.8) is 0 Å². The van der Waals surface area contributed by atoms with Gasteiger partial charge in [-0.25, -0.2) is 9.59 Å². The van der Waals surface area contributed by atoms with Crippen LogP contribution in [0.2, 0.25) is 0 Å². The topological polar surface area (TPSA) is 181 Å². The fourth-order valence-corrected chi connectivity index (χ4v) is 3.52. The van der Waals surface area contributed by atoms with E-state index < -0.39 is 41.3 Å². The van der Waals surface area contributed by atoms with Gasteiger partial charge in [-0.2, -0.15) is 3.89 Å². The van der Waals surface area contributed by atoms with Crippen LogP contribution in [-0.2, 0) is 33.4 Å². The summed E-state index contributed by atoms with van der Waals surface area (Å²) in [4.78, 5) is 71.3. The zero-order valence-corrected chi connectivity index (χ0v) is 22.4. The lowest BCUT2D eigenvalue weighted by Crippen LogP contribution is -2.38. The average Bonchev–Trinajstić information content (AvgIpc) is 3.16. The number of imide groups is 1. The van der Waals surface area contributed by atoms with Crippen molar-refractivity contribution >= 4 is 48.0 Å². The van der Waals surface area contributed by atoms with E-state index in [0.717, 1.165) is 4.90 Å². The quantitative estimate of drug-likeness (QED) is 0.131. The summed E-state index contributed by atoms with van der Waals surface area (Å²) in [6, 6.07) is 0. The number of ether oxygens (including phenoxy) is 3. The van der Waals surface area contributed by atoms with Crippen molar-refractivity contribution in [2.24, 2.45) is 0 Å². The number of nitrogens with one attached hydrogen (secondary N) is 4. The van der Waals surface area contributed by atoms with Gasteiger partial charge in [-0.15, -0.1) is 0 Å². The highest BCUT2D eigenvalue weighted by Crippen LogP contribution is 2.25. The minimum Gasteiger partial charge on any atom is -0.447 e. The fraction of sp³-hybridized carbons (Fsp3) is 0.727. The molecular formula is C22H36FN5O9S. The standard InChI is InChI=1S/C22H36FN5O9S/c1-3-24-21(33)36-13-15(14-37-22(34)25-4-2)35-11-5-6-17(29)26-8-9-27-18(30)7-10-28-19(31)12-16(38-23)20(28)32/h15-16H,3-14H2,1-2H3,(H,24,33)(H,25,34)(H,26,29)(H,27,30). The second-order valence-electron chi connectivity index (χ2n) is 7.97. The summed E-state index contributed by atoms with van der Waals surface area (Å²) < 4.78 is 28.2. The molecule has 1 aliphatic heterocycles. The number of rotatable bonds is 18. The number of carbonyl (C=O) groups is 6. The van der Waals surface area contributed by atoms with Crippen LogP contribution < -0.4 is 21.3 Å². The van der Waals surface area contributed by atoms with E-state index in [1.54, 1.807) is 13.8 Å². The maximum atomic E-state index is 12.6. The smallest absolute Gasteiger partial charge is 0.407 e. The van der Waals surface area contributed by atoms with Gasteiger partial charge in [-0.05, 0) is 20.3 Å². The van der Waals surface area contributed by atoms with Crippen molar-refractivity contribution < 1.29 is 46.9 Å². The van der Waals surface area contributed by atoms with Crippen molar-refractivity contribution in [1.29, 1.82) is 0 Å². The molecule has 4 N–H and O–H groups in total. The molecule has 1 aliphatic rings. The Labute approximate surface area is 224 Å². The minimum atomic E-state index is -1.04. The molecule has 0 spiro atoms. The Morgan fingerprint density at radius 3 is 2.00 bits per heavy atom. The first-order chi connectivity index (χ1) is 18.2. The summed E-state index contributed by atoms with van der Waals surface area (Å²) in [5.41, 5.74) is 0. The number of halogens is 1. The monoisotopic (exact) mass is 565 g/mol. The Hall–Kier alpha value is -3.14. The van der Waals surface area contributed by atoms with E-state index in [1.165, 1.54) is 0 Å². The van der Waals surface area contributed by atoms with Gasteiger partial charge >= 0.3 is 12.2 Å². The van der Waals surface area contributed by atoms with E-state index in [1.807, 2.05) is 0 Å². The molecule has 1 unspecified atom stereocenters. The second kappa shape index (κ2) is 19.0. The first kappa shape index (κ1) is 32.9. The van der Waals surface area contributed by atoms with Gasteiger partial charge in [-0.3, -0.25) is 24.1 Å². The largest absolute Gasteiger partial charge is 0.447 e. The normalized spacial score (nSPS) is 14.8. The molecule has 0 aromatic rings.